The van der Waals surface area contributed by atoms with Crippen LogP contribution < -0.4 is 0 Å². The van der Waals surface area contributed by atoms with Gasteiger partial charge in [-0.1, -0.05) is 42.5 Å². The van der Waals surface area contributed by atoms with Crippen LogP contribution in [0.1, 0.15) is 29.2 Å². The lowest BCUT2D eigenvalue weighted by molar-refractivity contribution is -0.148. The SMILES string of the molecule is COC(=O)CN(C(=O)Cc1ccc(C(F)(F)F)cc1)C(CN1CCC(O)C1)c1ccccc1. The number of esters is 1. The number of rotatable bonds is 8. The van der Waals surface area contributed by atoms with E-state index in [1.54, 1.807) is 0 Å². The molecular formula is C24H27F3N2O4. The van der Waals surface area contributed by atoms with Crippen molar-refractivity contribution in [3.63, 3.8) is 0 Å². The maximum Gasteiger partial charge on any atom is 0.416 e. The fraction of sp³-hybridized carbons (Fsp3) is 0.417. The molecule has 2 atom stereocenters. The van der Waals surface area contributed by atoms with Gasteiger partial charge in [-0.05, 0) is 29.7 Å². The van der Waals surface area contributed by atoms with Crippen molar-refractivity contribution in [1.29, 1.82) is 0 Å². The lowest BCUT2D eigenvalue weighted by atomic mass is 10.0. The number of amides is 1. The summed E-state index contributed by atoms with van der Waals surface area (Å²) < 4.78 is 43.4. The second-order valence-electron chi connectivity index (χ2n) is 8.10. The van der Waals surface area contributed by atoms with Gasteiger partial charge in [0.1, 0.15) is 6.54 Å². The highest BCUT2D eigenvalue weighted by Gasteiger charge is 2.32. The summed E-state index contributed by atoms with van der Waals surface area (Å²) in [5, 5.41) is 9.91. The molecule has 1 heterocycles. The van der Waals surface area contributed by atoms with Gasteiger partial charge >= 0.3 is 12.1 Å². The molecule has 1 N–H and O–H groups in total. The Kier molecular flexibility index (Phi) is 8.10. The van der Waals surface area contributed by atoms with Crippen LogP contribution in [0.2, 0.25) is 0 Å². The van der Waals surface area contributed by atoms with E-state index in [4.69, 9.17) is 4.74 Å². The summed E-state index contributed by atoms with van der Waals surface area (Å²) in [4.78, 5) is 28.9. The highest BCUT2D eigenvalue weighted by molar-refractivity contribution is 5.84. The van der Waals surface area contributed by atoms with Crippen LogP contribution in [0.15, 0.2) is 54.6 Å². The standard InChI is InChI=1S/C24H27F3N2O4/c1-33-23(32)16-29(22(31)13-17-7-9-19(10-8-17)24(25,26)27)21(18-5-3-2-4-6-18)15-28-12-11-20(30)14-28/h2-10,20-21,30H,11-16H2,1H3. The number of methoxy groups -OCH3 is 1. The van der Waals surface area contributed by atoms with Crippen LogP contribution in [-0.4, -0.2) is 66.2 Å². The number of aliphatic hydroxyl groups is 1. The van der Waals surface area contributed by atoms with Crippen LogP contribution in [0, 0.1) is 0 Å². The lowest BCUT2D eigenvalue weighted by Gasteiger charge is -2.34. The maximum atomic E-state index is 13.3. The molecule has 0 spiro atoms. The number of aliphatic hydroxyl groups excluding tert-OH is 1. The molecule has 2 aromatic rings. The number of carbonyl (C=O) groups is 2. The molecule has 2 aromatic carbocycles. The molecule has 1 amide bonds. The number of halogens is 3. The van der Waals surface area contributed by atoms with Gasteiger partial charge in [-0.3, -0.25) is 14.5 Å². The Bertz CT molecular complexity index is 935. The smallest absolute Gasteiger partial charge is 0.416 e. The molecule has 0 radical (unpaired) electrons. The molecule has 0 aliphatic carbocycles. The minimum absolute atomic E-state index is 0.166. The Morgan fingerprint density at radius 2 is 1.82 bits per heavy atom. The third-order valence-electron chi connectivity index (χ3n) is 5.72. The lowest BCUT2D eigenvalue weighted by Crippen LogP contribution is -2.44. The van der Waals surface area contributed by atoms with Gasteiger partial charge in [0.2, 0.25) is 5.91 Å². The first-order valence-electron chi connectivity index (χ1n) is 10.6. The summed E-state index contributed by atoms with van der Waals surface area (Å²) in [7, 11) is 1.23. The van der Waals surface area contributed by atoms with Crippen molar-refractivity contribution in [2.24, 2.45) is 0 Å². The number of benzene rings is 2. The summed E-state index contributed by atoms with van der Waals surface area (Å²) in [5.74, 6) is -1.01. The van der Waals surface area contributed by atoms with E-state index in [-0.39, 0.29) is 13.0 Å². The zero-order valence-electron chi connectivity index (χ0n) is 18.3. The van der Waals surface area contributed by atoms with Gasteiger partial charge in [-0.15, -0.1) is 0 Å². The number of hydrogen-bond acceptors (Lipinski definition) is 5. The first-order valence-corrected chi connectivity index (χ1v) is 10.6. The maximum absolute atomic E-state index is 13.3. The molecule has 0 aromatic heterocycles. The average molecular weight is 464 g/mol. The van der Waals surface area contributed by atoms with E-state index in [2.05, 4.69) is 0 Å². The second kappa shape index (κ2) is 10.8. The molecule has 1 aliphatic rings. The zero-order valence-corrected chi connectivity index (χ0v) is 18.3. The summed E-state index contributed by atoms with van der Waals surface area (Å²) in [6.07, 6.45) is -4.45. The molecule has 0 bridgehead atoms. The number of carbonyl (C=O) groups excluding carboxylic acids is 2. The molecule has 9 heteroatoms. The highest BCUT2D eigenvalue weighted by atomic mass is 19.4. The van der Waals surface area contributed by atoms with Gasteiger partial charge in [0.15, 0.2) is 0 Å². The molecule has 1 aliphatic heterocycles. The van der Waals surface area contributed by atoms with Crippen molar-refractivity contribution in [2.75, 3.05) is 33.3 Å². The number of hydrogen-bond donors (Lipinski definition) is 1. The molecule has 6 nitrogen and oxygen atoms in total. The van der Waals surface area contributed by atoms with E-state index in [1.165, 1.54) is 24.1 Å². The highest BCUT2D eigenvalue weighted by Crippen LogP contribution is 2.30. The summed E-state index contributed by atoms with van der Waals surface area (Å²) in [5.41, 5.74) is 0.426. The zero-order chi connectivity index (χ0) is 24.0. The summed E-state index contributed by atoms with van der Waals surface area (Å²) in [6.45, 7) is 1.22. The van der Waals surface area contributed by atoms with Crippen molar-refractivity contribution in [2.45, 2.75) is 31.2 Å². The fourth-order valence-electron chi connectivity index (χ4n) is 3.95. The van der Waals surface area contributed by atoms with E-state index in [1.807, 2.05) is 35.2 Å². The van der Waals surface area contributed by atoms with Crippen LogP contribution in [0.4, 0.5) is 13.2 Å². The Hall–Kier alpha value is -2.91. The van der Waals surface area contributed by atoms with Gasteiger partial charge in [-0.25, -0.2) is 0 Å². The van der Waals surface area contributed by atoms with Crippen molar-refractivity contribution in [3.8, 4) is 0 Å². The largest absolute Gasteiger partial charge is 0.468 e. The minimum atomic E-state index is -4.46. The number of β-amino-alcohol motifs (C(OH)–C–C–N with tert-alkyl or cyclic N) is 1. The van der Waals surface area contributed by atoms with Crippen LogP contribution in [0.5, 0.6) is 0 Å². The first-order chi connectivity index (χ1) is 15.7. The predicted molar refractivity (Wildman–Crippen MR) is 115 cm³/mol. The van der Waals surface area contributed by atoms with Crippen LogP contribution >= 0.6 is 0 Å². The fourth-order valence-corrected chi connectivity index (χ4v) is 3.95. The van der Waals surface area contributed by atoms with E-state index < -0.39 is 35.8 Å². The van der Waals surface area contributed by atoms with Gasteiger partial charge in [0.25, 0.3) is 0 Å². The average Bonchev–Trinajstić information content (AvgIpc) is 3.21. The van der Waals surface area contributed by atoms with Crippen LogP contribution in [0.25, 0.3) is 0 Å². The summed E-state index contributed by atoms with van der Waals surface area (Å²) >= 11 is 0. The second-order valence-corrected chi connectivity index (χ2v) is 8.10. The molecule has 0 saturated carbocycles. The third kappa shape index (κ3) is 6.79. The molecule has 1 fully saturated rings. The normalized spacial score (nSPS) is 17.5. The van der Waals surface area contributed by atoms with Gasteiger partial charge in [0.05, 0.1) is 31.2 Å². The topological polar surface area (TPSA) is 70.1 Å². The van der Waals surface area contributed by atoms with E-state index in [0.717, 1.165) is 17.7 Å². The van der Waals surface area contributed by atoms with Crippen LogP contribution in [-0.2, 0) is 26.9 Å². The third-order valence-corrected chi connectivity index (χ3v) is 5.72. The summed E-state index contributed by atoms with van der Waals surface area (Å²) in [6, 6.07) is 13.1. The molecular weight excluding hydrogens is 437 g/mol. The monoisotopic (exact) mass is 464 g/mol. The molecule has 3 rings (SSSR count). The van der Waals surface area contributed by atoms with Gasteiger partial charge in [0, 0.05) is 19.6 Å². The van der Waals surface area contributed by atoms with Gasteiger partial charge in [-0.2, -0.15) is 13.2 Å². The minimum Gasteiger partial charge on any atom is -0.468 e. The molecule has 178 valence electrons. The number of nitrogens with zero attached hydrogens (tertiary/aromatic N) is 2. The van der Waals surface area contributed by atoms with Gasteiger partial charge < -0.3 is 14.7 Å². The Labute approximate surface area is 190 Å². The molecule has 2 unspecified atom stereocenters. The van der Waals surface area contributed by atoms with Crippen molar-refractivity contribution >= 4 is 11.9 Å². The van der Waals surface area contributed by atoms with Crippen molar-refractivity contribution in [1.82, 2.24) is 9.80 Å². The number of ether oxygens (including phenoxy) is 1. The predicted octanol–water partition coefficient (Wildman–Crippen LogP) is 3.06. The quantitative estimate of drug-likeness (QED) is 0.609. The Morgan fingerprint density at radius 1 is 1.15 bits per heavy atom. The van der Waals surface area contributed by atoms with Crippen LogP contribution in [0.3, 0.4) is 0 Å². The van der Waals surface area contributed by atoms with E-state index in [9.17, 15) is 27.9 Å². The number of alkyl halides is 3. The van der Waals surface area contributed by atoms with Crippen molar-refractivity contribution in [3.05, 3.63) is 71.3 Å². The van der Waals surface area contributed by atoms with E-state index in [0.29, 0.717) is 31.6 Å². The first kappa shape index (κ1) is 24.7. The van der Waals surface area contributed by atoms with Crippen molar-refractivity contribution < 1.29 is 32.6 Å². The number of likely N-dealkylation sites (tertiary alicyclic amines) is 1. The molecule has 1 saturated heterocycles. The molecule has 33 heavy (non-hydrogen) atoms. The Morgan fingerprint density at radius 3 is 2.36 bits per heavy atom. The Balaban J connectivity index is 1.87. The van der Waals surface area contributed by atoms with E-state index >= 15 is 0 Å².